The summed E-state index contributed by atoms with van der Waals surface area (Å²) in [5, 5.41) is 0. The number of anilines is 1. The molecule has 2 aromatic rings. The molecule has 1 aliphatic heterocycles. The first-order valence-corrected chi connectivity index (χ1v) is 9.20. The second-order valence-corrected chi connectivity index (χ2v) is 7.33. The predicted molar refractivity (Wildman–Crippen MR) is 95.6 cm³/mol. The molecule has 2 unspecified atom stereocenters. The van der Waals surface area contributed by atoms with Gasteiger partial charge in [-0.1, -0.05) is 6.92 Å². The molecule has 6 nitrogen and oxygen atoms in total. The number of carbonyl (C=O) groups excluding carboxylic acids is 1. The van der Waals surface area contributed by atoms with Crippen molar-refractivity contribution in [2.24, 2.45) is 13.0 Å². The summed E-state index contributed by atoms with van der Waals surface area (Å²) in [5.41, 5.74) is 0. The third-order valence-electron chi connectivity index (χ3n) is 5.45. The first kappa shape index (κ1) is 16.2. The standard InChI is InChI=1S/C19H26N4O2/c1-14-13-16(14)17-5-3-15(25-17)4-6-18(24)22-9-11-23(12-10-22)19-20-7-8-21(19)2/h3,5,7-8,14,16H,4,6,9-13H2,1-2H3. The number of aryl methyl sites for hydroxylation is 2. The minimum atomic E-state index is 0.220. The van der Waals surface area contributed by atoms with Crippen LogP contribution in [0.25, 0.3) is 0 Å². The van der Waals surface area contributed by atoms with Gasteiger partial charge in [0.05, 0.1) is 0 Å². The van der Waals surface area contributed by atoms with E-state index in [0.29, 0.717) is 18.8 Å². The molecule has 2 aliphatic rings. The number of hydrogen-bond donors (Lipinski definition) is 0. The lowest BCUT2D eigenvalue weighted by Crippen LogP contribution is -2.49. The van der Waals surface area contributed by atoms with Gasteiger partial charge < -0.3 is 18.8 Å². The fourth-order valence-electron chi connectivity index (χ4n) is 3.65. The number of imidazole rings is 1. The lowest BCUT2D eigenvalue weighted by atomic mass is 10.2. The van der Waals surface area contributed by atoms with Crippen molar-refractivity contribution >= 4 is 11.9 Å². The van der Waals surface area contributed by atoms with E-state index in [0.717, 1.165) is 49.6 Å². The van der Waals surface area contributed by atoms with Gasteiger partial charge in [-0.05, 0) is 24.5 Å². The van der Waals surface area contributed by atoms with Gasteiger partial charge in [0, 0.05) is 64.4 Å². The van der Waals surface area contributed by atoms with Crippen LogP contribution in [0.3, 0.4) is 0 Å². The van der Waals surface area contributed by atoms with Crippen molar-refractivity contribution in [3.8, 4) is 0 Å². The lowest BCUT2D eigenvalue weighted by Gasteiger charge is -2.35. The Labute approximate surface area is 148 Å². The molecular weight excluding hydrogens is 316 g/mol. The lowest BCUT2D eigenvalue weighted by molar-refractivity contribution is -0.131. The van der Waals surface area contributed by atoms with Crippen molar-refractivity contribution < 1.29 is 9.21 Å². The Kier molecular flexibility index (Phi) is 4.27. The van der Waals surface area contributed by atoms with E-state index >= 15 is 0 Å². The molecule has 134 valence electrons. The van der Waals surface area contributed by atoms with Crippen LogP contribution >= 0.6 is 0 Å². The first-order valence-electron chi connectivity index (χ1n) is 9.20. The van der Waals surface area contributed by atoms with Crippen LogP contribution in [0.4, 0.5) is 5.95 Å². The van der Waals surface area contributed by atoms with Crippen LogP contribution in [-0.2, 0) is 18.3 Å². The summed E-state index contributed by atoms with van der Waals surface area (Å²) < 4.78 is 7.93. The highest BCUT2D eigenvalue weighted by Crippen LogP contribution is 2.47. The van der Waals surface area contributed by atoms with E-state index in [1.807, 2.05) is 35.0 Å². The van der Waals surface area contributed by atoms with Crippen molar-refractivity contribution in [1.82, 2.24) is 14.5 Å². The maximum absolute atomic E-state index is 12.5. The zero-order valence-electron chi connectivity index (χ0n) is 15.0. The number of furan rings is 1. The van der Waals surface area contributed by atoms with Gasteiger partial charge >= 0.3 is 0 Å². The molecule has 2 aromatic heterocycles. The Hall–Kier alpha value is -2.24. The van der Waals surface area contributed by atoms with Crippen LogP contribution in [0.15, 0.2) is 28.9 Å². The van der Waals surface area contributed by atoms with E-state index in [1.54, 1.807) is 0 Å². The Morgan fingerprint density at radius 3 is 2.68 bits per heavy atom. The molecule has 0 aromatic carbocycles. The van der Waals surface area contributed by atoms with Gasteiger partial charge in [0.2, 0.25) is 11.9 Å². The molecular formula is C19H26N4O2. The second-order valence-electron chi connectivity index (χ2n) is 7.33. The molecule has 1 amide bonds. The maximum atomic E-state index is 12.5. The number of amides is 1. The van der Waals surface area contributed by atoms with Gasteiger partial charge in [0.15, 0.2) is 0 Å². The molecule has 3 heterocycles. The fraction of sp³-hybridized carbons (Fsp3) is 0.579. The number of carbonyl (C=O) groups is 1. The molecule has 0 radical (unpaired) electrons. The number of piperazine rings is 1. The molecule has 0 spiro atoms. The van der Waals surface area contributed by atoms with Crippen molar-refractivity contribution in [2.75, 3.05) is 31.1 Å². The largest absolute Gasteiger partial charge is 0.466 e. The normalized spacial score (nSPS) is 23.1. The maximum Gasteiger partial charge on any atom is 0.223 e. The van der Waals surface area contributed by atoms with Crippen LogP contribution in [-0.4, -0.2) is 46.5 Å². The summed E-state index contributed by atoms with van der Waals surface area (Å²) in [4.78, 5) is 21.1. The molecule has 0 N–H and O–H groups in total. The highest BCUT2D eigenvalue weighted by molar-refractivity contribution is 5.76. The molecule has 0 bridgehead atoms. The minimum absolute atomic E-state index is 0.220. The monoisotopic (exact) mass is 342 g/mol. The smallest absolute Gasteiger partial charge is 0.223 e. The number of rotatable bonds is 5. The predicted octanol–water partition coefficient (Wildman–Crippen LogP) is 2.42. The van der Waals surface area contributed by atoms with Crippen LogP contribution in [0.5, 0.6) is 0 Å². The summed E-state index contributed by atoms with van der Waals surface area (Å²) in [5.74, 6) is 4.58. The van der Waals surface area contributed by atoms with E-state index in [4.69, 9.17) is 4.42 Å². The van der Waals surface area contributed by atoms with Crippen molar-refractivity contribution in [3.05, 3.63) is 36.0 Å². The van der Waals surface area contributed by atoms with Crippen LogP contribution in [0.2, 0.25) is 0 Å². The van der Waals surface area contributed by atoms with Gasteiger partial charge in [-0.25, -0.2) is 4.98 Å². The summed E-state index contributed by atoms with van der Waals surface area (Å²) in [6.45, 7) is 5.44. The van der Waals surface area contributed by atoms with E-state index < -0.39 is 0 Å². The Bertz CT molecular complexity index is 742. The Balaban J connectivity index is 1.25. The van der Waals surface area contributed by atoms with Crippen molar-refractivity contribution in [1.29, 1.82) is 0 Å². The second kappa shape index (κ2) is 6.58. The third-order valence-corrected chi connectivity index (χ3v) is 5.45. The third kappa shape index (κ3) is 3.43. The average Bonchev–Trinajstić information content (AvgIpc) is 3.01. The van der Waals surface area contributed by atoms with E-state index in [2.05, 4.69) is 22.9 Å². The molecule has 1 saturated heterocycles. The van der Waals surface area contributed by atoms with Gasteiger partial charge in [0.25, 0.3) is 0 Å². The van der Waals surface area contributed by atoms with E-state index in [1.165, 1.54) is 6.42 Å². The molecule has 4 rings (SSSR count). The molecule has 25 heavy (non-hydrogen) atoms. The number of aromatic nitrogens is 2. The Morgan fingerprint density at radius 1 is 1.28 bits per heavy atom. The van der Waals surface area contributed by atoms with Gasteiger partial charge in [0.1, 0.15) is 11.5 Å². The first-order chi connectivity index (χ1) is 12.1. The summed E-state index contributed by atoms with van der Waals surface area (Å²) >= 11 is 0. The average molecular weight is 342 g/mol. The van der Waals surface area contributed by atoms with Crippen LogP contribution in [0, 0.1) is 5.92 Å². The van der Waals surface area contributed by atoms with Crippen LogP contribution in [0.1, 0.15) is 37.2 Å². The Morgan fingerprint density at radius 2 is 2.04 bits per heavy atom. The highest BCUT2D eigenvalue weighted by atomic mass is 16.3. The number of hydrogen-bond acceptors (Lipinski definition) is 4. The quantitative estimate of drug-likeness (QED) is 0.837. The van der Waals surface area contributed by atoms with E-state index in [-0.39, 0.29) is 5.91 Å². The minimum Gasteiger partial charge on any atom is -0.466 e. The van der Waals surface area contributed by atoms with Gasteiger partial charge in [-0.15, -0.1) is 0 Å². The zero-order valence-corrected chi connectivity index (χ0v) is 15.0. The highest BCUT2D eigenvalue weighted by Gasteiger charge is 2.36. The molecule has 1 aliphatic carbocycles. The van der Waals surface area contributed by atoms with Crippen molar-refractivity contribution in [3.63, 3.8) is 0 Å². The molecule has 6 heteroatoms. The zero-order chi connectivity index (χ0) is 17.4. The van der Waals surface area contributed by atoms with Crippen molar-refractivity contribution in [2.45, 2.75) is 32.1 Å². The fourth-order valence-corrected chi connectivity index (χ4v) is 3.65. The van der Waals surface area contributed by atoms with Gasteiger partial charge in [-0.2, -0.15) is 0 Å². The molecule has 1 saturated carbocycles. The van der Waals surface area contributed by atoms with E-state index in [9.17, 15) is 4.79 Å². The van der Waals surface area contributed by atoms with Crippen LogP contribution < -0.4 is 4.90 Å². The number of nitrogens with zero attached hydrogens (tertiary/aromatic N) is 4. The van der Waals surface area contributed by atoms with Gasteiger partial charge in [-0.3, -0.25) is 4.79 Å². The molecule has 2 atom stereocenters. The SMILES string of the molecule is CC1CC1c1ccc(CCC(=O)N2CCN(c3nccn3C)CC2)o1. The summed E-state index contributed by atoms with van der Waals surface area (Å²) in [6, 6.07) is 4.12. The molecule has 2 fully saturated rings. The summed E-state index contributed by atoms with van der Waals surface area (Å²) in [6.07, 6.45) is 6.21. The topological polar surface area (TPSA) is 54.5 Å². The summed E-state index contributed by atoms with van der Waals surface area (Å²) in [7, 11) is 2.00.